The first-order valence-electron chi connectivity index (χ1n) is 7.41. The maximum atomic E-state index is 13.0. The molecule has 9 heteroatoms. The van der Waals surface area contributed by atoms with Crippen LogP contribution in [-0.4, -0.2) is 29.6 Å². The minimum atomic E-state index is -3.85. The molecular weight excluding hydrogens is 405 g/mol. The van der Waals surface area contributed by atoms with Gasteiger partial charge in [-0.2, -0.15) is 0 Å². The normalized spacial score (nSPS) is 15.1. The van der Waals surface area contributed by atoms with Crippen molar-refractivity contribution in [2.45, 2.75) is 22.6 Å². The van der Waals surface area contributed by atoms with Crippen LogP contribution in [0.1, 0.15) is 12.0 Å². The van der Waals surface area contributed by atoms with Crippen molar-refractivity contribution in [1.29, 1.82) is 0 Å². The molecule has 0 bridgehead atoms. The van der Waals surface area contributed by atoms with E-state index in [2.05, 4.69) is 0 Å². The predicted octanol–water partition coefficient (Wildman–Crippen LogP) is 3.54. The number of aryl methyl sites for hydroxylation is 1. The Labute approximate surface area is 157 Å². The lowest BCUT2D eigenvalue weighted by Gasteiger charge is -2.30. The van der Waals surface area contributed by atoms with E-state index in [0.29, 0.717) is 30.6 Å². The third-order valence-corrected chi connectivity index (χ3v) is 7.32. The van der Waals surface area contributed by atoms with Crippen LogP contribution in [0.5, 0.6) is 0 Å². The second kappa shape index (κ2) is 6.46. The van der Waals surface area contributed by atoms with E-state index < -0.39 is 19.9 Å². The first-order valence-corrected chi connectivity index (χ1v) is 11.5. The van der Waals surface area contributed by atoms with E-state index in [1.54, 1.807) is 0 Å². The zero-order chi connectivity index (χ0) is 18.4. The summed E-state index contributed by atoms with van der Waals surface area (Å²) in [6.07, 6.45) is 2.33. The Balaban J connectivity index is 2.11. The lowest BCUT2D eigenvalue weighted by atomic mass is 10.0. The highest BCUT2D eigenvalue weighted by Gasteiger charge is 2.30. The number of fused-ring (bicyclic) bond motifs is 1. The van der Waals surface area contributed by atoms with Gasteiger partial charge in [-0.3, -0.25) is 4.31 Å². The molecule has 0 aliphatic carbocycles. The summed E-state index contributed by atoms with van der Waals surface area (Å²) in [5.41, 5.74) is 1.17. The molecular formula is C16H15Cl2NO4S2. The van der Waals surface area contributed by atoms with Crippen molar-refractivity contribution in [1.82, 2.24) is 0 Å². The highest BCUT2D eigenvalue weighted by Crippen LogP contribution is 2.34. The number of sulfone groups is 1. The first-order chi connectivity index (χ1) is 11.6. The third-order valence-electron chi connectivity index (χ3n) is 3.98. The molecule has 0 atom stereocenters. The topological polar surface area (TPSA) is 71.5 Å². The van der Waals surface area contributed by atoms with Crippen LogP contribution in [0, 0.1) is 0 Å². The molecule has 3 rings (SSSR count). The maximum absolute atomic E-state index is 13.0. The molecule has 0 radical (unpaired) electrons. The monoisotopic (exact) mass is 419 g/mol. The number of benzene rings is 2. The van der Waals surface area contributed by atoms with E-state index in [9.17, 15) is 16.8 Å². The van der Waals surface area contributed by atoms with Gasteiger partial charge in [-0.15, -0.1) is 0 Å². The SMILES string of the molecule is CS(=O)(=O)c1ccc2c(c1)CCCN2S(=O)(=O)c1cc(Cl)cc(Cl)c1. The van der Waals surface area contributed by atoms with Crippen LogP contribution in [0.15, 0.2) is 46.2 Å². The quantitative estimate of drug-likeness (QED) is 0.762. The molecule has 5 nitrogen and oxygen atoms in total. The predicted molar refractivity (Wildman–Crippen MR) is 98.9 cm³/mol. The summed E-state index contributed by atoms with van der Waals surface area (Å²) in [4.78, 5) is 0.182. The molecule has 0 saturated heterocycles. The minimum Gasteiger partial charge on any atom is -0.266 e. The van der Waals surface area contributed by atoms with Gasteiger partial charge < -0.3 is 0 Å². The van der Waals surface area contributed by atoms with Gasteiger partial charge in [0.05, 0.1) is 15.5 Å². The number of halogens is 2. The van der Waals surface area contributed by atoms with Crippen molar-refractivity contribution in [3.63, 3.8) is 0 Å². The van der Waals surface area contributed by atoms with E-state index in [0.717, 1.165) is 6.26 Å². The van der Waals surface area contributed by atoms with Gasteiger partial charge in [-0.25, -0.2) is 16.8 Å². The Morgan fingerprint density at radius 1 is 0.920 bits per heavy atom. The second-order valence-electron chi connectivity index (χ2n) is 5.85. The molecule has 0 aromatic heterocycles. The number of hydrogen-bond donors (Lipinski definition) is 0. The lowest BCUT2D eigenvalue weighted by molar-refractivity contribution is 0.586. The molecule has 1 aliphatic heterocycles. The summed E-state index contributed by atoms with van der Waals surface area (Å²) in [6.45, 7) is 0.303. The van der Waals surface area contributed by atoms with Gasteiger partial charge in [-0.05, 0) is 54.8 Å². The molecule has 25 heavy (non-hydrogen) atoms. The van der Waals surface area contributed by atoms with Gasteiger partial charge in [0.15, 0.2) is 9.84 Å². The van der Waals surface area contributed by atoms with Gasteiger partial charge in [0, 0.05) is 22.8 Å². The van der Waals surface area contributed by atoms with Crippen LogP contribution in [-0.2, 0) is 26.3 Å². The molecule has 1 heterocycles. The Morgan fingerprint density at radius 2 is 1.56 bits per heavy atom. The Kier molecular flexibility index (Phi) is 4.79. The maximum Gasteiger partial charge on any atom is 0.264 e. The third kappa shape index (κ3) is 3.65. The molecule has 2 aromatic carbocycles. The number of nitrogens with zero attached hydrogens (tertiary/aromatic N) is 1. The summed E-state index contributed by atoms with van der Waals surface area (Å²) in [5.74, 6) is 0. The van der Waals surface area contributed by atoms with Crippen molar-refractivity contribution >= 4 is 48.7 Å². The Bertz CT molecular complexity index is 1030. The Hall–Kier alpha value is -1.28. The lowest BCUT2D eigenvalue weighted by Crippen LogP contribution is -2.35. The van der Waals surface area contributed by atoms with E-state index in [1.165, 1.54) is 40.7 Å². The zero-order valence-electron chi connectivity index (χ0n) is 13.2. The van der Waals surface area contributed by atoms with E-state index in [4.69, 9.17) is 23.2 Å². The average molecular weight is 420 g/mol. The molecule has 0 spiro atoms. The summed E-state index contributed by atoms with van der Waals surface area (Å²) in [6, 6.07) is 8.66. The molecule has 0 saturated carbocycles. The standard InChI is InChI=1S/C16H15Cl2NO4S2/c1-24(20,21)14-4-5-16-11(7-14)3-2-6-19(16)25(22,23)15-9-12(17)8-13(18)10-15/h4-5,7-10H,2-3,6H2,1H3. The Morgan fingerprint density at radius 3 is 2.16 bits per heavy atom. The first kappa shape index (κ1) is 18.5. The van der Waals surface area contributed by atoms with Crippen LogP contribution in [0.4, 0.5) is 5.69 Å². The number of hydrogen-bond acceptors (Lipinski definition) is 4. The zero-order valence-corrected chi connectivity index (χ0v) is 16.4. The number of anilines is 1. The van der Waals surface area contributed by atoms with Crippen LogP contribution < -0.4 is 4.31 Å². The van der Waals surface area contributed by atoms with Crippen molar-refractivity contribution in [2.75, 3.05) is 17.1 Å². The van der Waals surface area contributed by atoms with Gasteiger partial charge >= 0.3 is 0 Å². The van der Waals surface area contributed by atoms with Crippen LogP contribution in [0.25, 0.3) is 0 Å². The summed E-state index contributed by atoms with van der Waals surface area (Å²) >= 11 is 11.9. The molecule has 0 amide bonds. The van der Waals surface area contributed by atoms with Crippen molar-refractivity contribution in [2.24, 2.45) is 0 Å². The van der Waals surface area contributed by atoms with Gasteiger partial charge in [0.2, 0.25) is 0 Å². The molecule has 1 aliphatic rings. The fourth-order valence-electron chi connectivity index (χ4n) is 2.82. The van der Waals surface area contributed by atoms with Crippen LogP contribution in [0.3, 0.4) is 0 Å². The fourth-order valence-corrected chi connectivity index (χ4v) is 5.76. The molecule has 134 valence electrons. The fraction of sp³-hybridized carbons (Fsp3) is 0.250. The summed E-state index contributed by atoms with van der Waals surface area (Å²) in [5, 5.41) is 0.464. The largest absolute Gasteiger partial charge is 0.266 e. The van der Waals surface area contributed by atoms with Crippen molar-refractivity contribution in [3.05, 3.63) is 52.0 Å². The smallest absolute Gasteiger partial charge is 0.264 e. The van der Waals surface area contributed by atoms with Gasteiger partial charge in [-0.1, -0.05) is 23.2 Å². The molecule has 2 aromatic rings. The average Bonchev–Trinajstić information content (AvgIpc) is 2.52. The van der Waals surface area contributed by atoms with E-state index in [1.807, 2.05) is 0 Å². The molecule has 0 unspecified atom stereocenters. The van der Waals surface area contributed by atoms with Gasteiger partial charge in [0.25, 0.3) is 10.0 Å². The van der Waals surface area contributed by atoms with Crippen molar-refractivity contribution in [3.8, 4) is 0 Å². The highest BCUT2D eigenvalue weighted by atomic mass is 35.5. The minimum absolute atomic E-state index is 0.00467. The highest BCUT2D eigenvalue weighted by molar-refractivity contribution is 7.93. The van der Waals surface area contributed by atoms with Crippen LogP contribution >= 0.6 is 23.2 Å². The molecule has 0 fully saturated rings. The summed E-state index contributed by atoms with van der Waals surface area (Å²) < 4.78 is 50.8. The van der Waals surface area contributed by atoms with Gasteiger partial charge in [0.1, 0.15) is 0 Å². The van der Waals surface area contributed by atoms with Crippen molar-refractivity contribution < 1.29 is 16.8 Å². The van der Waals surface area contributed by atoms with Crippen LogP contribution in [0.2, 0.25) is 10.0 Å². The second-order valence-corrected chi connectivity index (χ2v) is 10.6. The molecule has 0 N–H and O–H groups in total. The van der Waals surface area contributed by atoms with E-state index >= 15 is 0 Å². The number of rotatable bonds is 3. The van der Waals surface area contributed by atoms with E-state index in [-0.39, 0.29) is 19.8 Å². The number of sulfonamides is 1. The summed E-state index contributed by atoms with van der Waals surface area (Å²) in [7, 11) is -7.21.